The Morgan fingerprint density at radius 1 is 1.38 bits per heavy atom. The van der Waals surface area contributed by atoms with Crippen molar-refractivity contribution in [1.82, 2.24) is 9.55 Å². The average molecular weight is 329 g/mol. The van der Waals surface area contributed by atoms with Crippen LogP contribution in [0.2, 0.25) is 0 Å². The molecule has 1 aromatic heterocycles. The topological polar surface area (TPSA) is 96.7 Å². The van der Waals surface area contributed by atoms with E-state index in [1.807, 2.05) is 0 Å². The maximum Gasteiger partial charge on any atom is 0.335 e. The highest BCUT2D eigenvalue weighted by Crippen LogP contribution is 2.17. The summed E-state index contributed by atoms with van der Waals surface area (Å²) in [5.74, 6) is -0.413. The summed E-state index contributed by atoms with van der Waals surface area (Å²) in [6.07, 6.45) is 1.98. The van der Waals surface area contributed by atoms with Crippen LogP contribution in [0.4, 0.5) is 0 Å². The normalized spacial score (nSPS) is 18.0. The molecule has 0 spiro atoms. The van der Waals surface area contributed by atoms with Crippen LogP contribution >= 0.6 is 0 Å². The number of rotatable bonds is 4. The Bertz CT molecular complexity index is 862. The number of hydrogen-bond donors (Lipinski definition) is 2. The lowest BCUT2D eigenvalue weighted by atomic mass is 10.2. The molecule has 1 aromatic carbocycles. The van der Waals surface area contributed by atoms with E-state index in [9.17, 15) is 14.7 Å². The molecule has 0 saturated carbocycles. The van der Waals surface area contributed by atoms with E-state index in [1.54, 1.807) is 37.3 Å². The van der Waals surface area contributed by atoms with Gasteiger partial charge in [0, 0.05) is 6.61 Å². The zero-order chi connectivity index (χ0) is 17.1. The van der Waals surface area contributed by atoms with E-state index < -0.39 is 17.1 Å². The van der Waals surface area contributed by atoms with Gasteiger partial charge in [-0.05, 0) is 31.9 Å². The van der Waals surface area contributed by atoms with Crippen molar-refractivity contribution in [2.24, 2.45) is 4.99 Å². The SMILES string of the molecule is CC(=NC[C@H]1CCCO1)c1c(O)n(-c2ccccc2)c(=O)[nH]c1=O. The molecule has 24 heavy (non-hydrogen) atoms. The van der Waals surface area contributed by atoms with Crippen LogP contribution in [-0.2, 0) is 4.74 Å². The third-order valence-corrected chi connectivity index (χ3v) is 4.02. The molecular weight excluding hydrogens is 310 g/mol. The Balaban J connectivity index is 2.03. The highest BCUT2D eigenvalue weighted by molar-refractivity contribution is 6.00. The monoisotopic (exact) mass is 329 g/mol. The number of para-hydroxylation sites is 1. The number of aromatic hydroxyl groups is 1. The lowest BCUT2D eigenvalue weighted by Gasteiger charge is -2.12. The molecule has 1 fully saturated rings. The van der Waals surface area contributed by atoms with Gasteiger partial charge in [-0.25, -0.2) is 9.36 Å². The quantitative estimate of drug-likeness (QED) is 0.824. The molecule has 0 bridgehead atoms. The van der Waals surface area contributed by atoms with Crippen molar-refractivity contribution < 1.29 is 9.84 Å². The van der Waals surface area contributed by atoms with E-state index >= 15 is 0 Å². The third kappa shape index (κ3) is 3.16. The molecule has 0 aliphatic carbocycles. The molecule has 0 unspecified atom stereocenters. The number of hydrogen-bond acceptors (Lipinski definition) is 5. The number of nitrogens with one attached hydrogen (secondary N) is 1. The predicted octanol–water partition coefficient (Wildman–Crippen LogP) is 1.22. The molecule has 0 radical (unpaired) electrons. The van der Waals surface area contributed by atoms with Crippen LogP contribution in [0, 0.1) is 0 Å². The van der Waals surface area contributed by atoms with Gasteiger partial charge in [-0.2, -0.15) is 0 Å². The minimum Gasteiger partial charge on any atom is -0.493 e. The predicted molar refractivity (Wildman–Crippen MR) is 90.4 cm³/mol. The molecular formula is C17H19N3O4. The van der Waals surface area contributed by atoms with Gasteiger partial charge in [-0.15, -0.1) is 0 Å². The number of ether oxygens (including phenoxy) is 1. The van der Waals surface area contributed by atoms with E-state index in [2.05, 4.69) is 9.98 Å². The maximum absolute atomic E-state index is 12.1. The van der Waals surface area contributed by atoms with Crippen LogP contribution in [0.5, 0.6) is 5.88 Å². The molecule has 2 aromatic rings. The van der Waals surface area contributed by atoms with Gasteiger partial charge >= 0.3 is 5.69 Å². The average Bonchev–Trinajstić information content (AvgIpc) is 3.07. The largest absolute Gasteiger partial charge is 0.493 e. The Morgan fingerprint density at radius 3 is 2.79 bits per heavy atom. The number of H-pyrrole nitrogens is 1. The van der Waals surface area contributed by atoms with Crippen molar-refractivity contribution >= 4 is 5.71 Å². The molecule has 1 aliphatic heterocycles. The molecule has 2 heterocycles. The summed E-state index contributed by atoms with van der Waals surface area (Å²) < 4.78 is 6.56. The van der Waals surface area contributed by atoms with Crippen molar-refractivity contribution in [3.05, 3.63) is 56.7 Å². The van der Waals surface area contributed by atoms with Crippen molar-refractivity contribution in [1.29, 1.82) is 0 Å². The molecule has 7 heteroatoms. The van der Waals surface area contributed by atoms with E-state index in [0.29, 0.717) is 17.9 Å². The maximum atomic E-state index is 12.1. The van der Waals surface area contributed by atoms with E-state index in [4.69, 9.17) is 4.74 Å². The Hall–Kier alpha value is -2.67. The van der Waals surface area contributed by atoms with E-state index in [-0.39, 0.29) is 11.7 Å². The number of nitrogens with zero attached hydrogens (tertiary/aromatic N) is 2. The molecule has 1 aliphatic rings. The zero-order valence-electron chi connectivity index (χ0n) is 13.4. The summed E-state index contributed by atoms with van der Waals surface area (Å²) in [5.41, 5.74) is -0.521. The Morgan fingerprint density at radius 2 is 2.12 bits per heavy atom. The van der Waals surface area contributed by atoms with Gasteiger partial charge in [0.15, 0.2) is 0 Å². The van der Waals surface area contributed by atoms with Gasteiger partial charge in [0.2, 0.25) is 5.88 Å². The molecule has 2 N–H and O–H groups in total. The van der Waals surface area contributed by atoms with E-state index in [0.717, 1.165) is 24.0 Å². The van der Waals surface area contributed by atoms with Gasteiger partial charge in [0.05, 0.1) is 24.0 Å². The first-order valence-corrected chi connectivity index (χ1v) is 7.84. The lowest BCUT2D eigenvalue weighted by molar-refractivity contribution is 0.118. The molecule has 7 nitrogen and oxygen atoms in total. The molecule has 0 amide bonds. The molecule has 126 valence electrons. The van der Waals surface area contributed by atoms with Gasteiger partial charge in [-0.1, -0.05) is 18.2 Å². The first-order chi connectivity index (χ1) is 11.6. The number of aromatic amines is 1. The second-order valence-electron chi connectivity index (χ2n) is 5.69. The number of aliphatic imine (C=N–C) groups is 1. The fourth-order valence-corrected chi connectivity index (χ4v) is 2.77. The summed E-state index contributed by atoms with van der Waals surface area (Å²) in [5, 5.41) is 10.5. The summed E-state index contributed by atoms with van der Waals surface area (Å²) in [6.45, 7) is 2.79. The van der Waals surface area contributed by atoms with Gasteiger partial charge in [0.25, 0.3) is 5.56 Å². The van der Waals surface area contributed by atoms with Crippen molar-refractivity contribution in [2.75, 3.05) is 13.2 Å². The summed E-state index contributed by atoms with van der Waals surface area (Å²) >= 11 is 0. The first kappa shape index (κ1) is 16.2. The van der Waals surface area contributed by atoms with Crippen molar-refractivity contribution in [2.45, 2.75) is 25.9 Å². The molecule has 1 saturated heterocycles. The van der Waals surface area contributed by atoms with Gasteiger partial charge in [0.1, 0.15) is 5.56 Å². The fourth-order valence-electron chi connectivity index (χ4n) is 2.77. The standard InChI is InChI=1S/C17H19N3O4/c1-11(18-10-13-8-5-9-24-13)14-15(21)19-17(23)20(16(14)22)12-6-3-2-4-7-12/h2-4,6-7,13,22H,5,8-10H2,1H3,(H,19,21,23)/t13-/m1/s1. The second-order valence-corrected chi connectivity index (χ2v) is 5.69. The summed E-state index contributed by atoms with van der Waals surface area (Å²) in [6, 6.07) is 8.62. The zero-order valence-corrected chi connectivity index (χ0v) is 13.4. The van der Waals surface area contributed by atoms with Gasteiger partial charge in [-0.3, -0.25) is 14.8 Å². The van der Waals surface area contributed by atoms with Crippen molar-refractivity contribution in [3.63, 3.8) is 0 Å². The summed E-state index contributed by atoms with van der Waals surface area (Å²) in [4.78, 5) is 30.8. The smallest absolute Gasteiger partial charge is 0.335 e. The van der Waals surface area contributed by atoms with Crippen molar-refractivity contribution in [3.8, 4) is 11.6 Å². The number of benzene rings is 1. The van der Waals surface area contributed by atoms with Crippen LogP contribution < -0.4 is 11.2 Å². The Labute approximate surface area is 138 Å². The van der Waals surface area contributed by atoms with Crippen LogP contribution in [-0.4, -0.2) is 39.6 Å². The minimum atomic E-state index is -0.695. The minimum absolute atomic E-state index is 0.00329. The summed E-state index contributed by atoms with van der Waals surface area (Å²) in [7, 11) is 0. The van der Waals surface area contributed by atoms with Crippen LogP contribution in [0.25, 0.3) is 5.69 Å². The van der Waals surface area contributed by atoms with E-state index in [1.165, 1.54) is 0 Å². The second kappa shape index (κ2) is 6.84. The highest BCUT2D eigenvalue weighted by atomic mass is 16.5. The van der Waals surface area contributed by atoms with Crippen LogP contribution in [0.1, 0.15) is 25.3 Å². The third-order valence-electron chi connectivity index (χ3n) is 4.02. The van der Waals surface area contributed by atoms with Crippen LogP contribution in [0.3, 0.4) is 0 Å². The molecule has 3 rings (SSSR count). The fraction of sp³-hybridized carbons (Fsp3) is 0.353. The van der Waals surface area contributed by atoms with Crippen LogP contribution in [0.15, 0.2) is 44.9 Å². The number of aromatic nitrogens is 2. The lowest BCUT2D eigenvalue weighted by Crippen LogP contribution is -2.33. The van der Waals surface area contributed by atoms with Gasteiger partial charge < -0.3 is 9.84 Å². The Kier molecular flexibility index (Phi) is 4.61. The highest BCUT2D eigenvalue weighted by Gasteiger charge is 2.19. The first-order valence-electron chi connectivity index (χ1n) is 7.84. The molecule has 1 atom stereocenters.